The number of hydrogen-bond donors (Lipinski definition) is 0. The number of carbonyl (C=O) groups is 1. The van der Waals surface area contributed by atoms with E-state index >= 15 is 0 Å². The molecule has 0 unspecified atom stereocenters. The summed E-state index contributed by atoms with van der Waals surface area (Å²) in [6.07, 6.45) is -4.59. The van der Waals surface area contributed by atoms with Crippen LogP contribution in [0.2, 0.25) is 0 Å². The summed E-state index contributed by atoms with van der Waals surface area (Å²) in [6.45, 7) is 0. The minimum Gasteiger partial charge on any atom is -0.462 e. The second kappa shape index (κ2) is 4.75. The van der Waals surface area contributed by atoms with Crippen molar-refractivity contribution in [3.05, 3.63) is 43.1 Å². The molecule has 0 aliphatic carbocycles. The third kappa shape index (κ3) is 2.59. The largest absolute Gasteiger partial charge is 0.462 e. The quantitative estimate of drug-likeness (QED) is 0.679. The van der Waals surface area contributed by atoms with Crippen LogP contribution in [-0.4, -0.2) is 12.0 Å². The maximum atomic E-state index is 12.3. The van der Waals surface area contributed by atoms with Gasteiger partial charge < -0.3 is 4.42 Å². The van der Waals surface area contributed by atoms with Crippen LogP contribution in [0.3, 0.4) is 0 Å². The summed E-state index contributed by atoms with van der Waals surface area (Å²) in [5.74, 6) is -2.22. The summed E-state index contributed by atoms with van der Waals surface area (Å²) < 4.78 is 42.8. The molecule has 100 valence electrons. The molecule has 19 heavy (non-hydrogen) atoms. The standard InChI is InChI=1S/C11H3Br2F3O3/c12-4-1-5-8(17)6(10(18)11(14,15)16)3-19-9(5)7(13)2-4/h1-3H. The van der Waals surface area contributed by atoms with E-state index in [4.69, 9.17) is 4.42 Å². The lowest BCUT2D eigenvalue weighted by Gasteiger charge is -2.06. The molecule has 0 N–H and O–H groups in total. The lowest BCUT2D eigenvalue weighted by Crippen LogP contribution is -2.28. The van der Waals surface area contributed by atoms with Crippen LogP contribution in [0.4, 0.5) is 13.2 Å². The van der Waals surface area contributed by atoms with Crippen molar-refractivity contribution < 1.29 is 22.4 Å². The first kappa shape index (κ1) is 14.3. The molecule has 0 atom stereocenters. The zero-order chi connectivity index (χ0) is 14.4. The number of fused-ring (bicyclic) bond motifs is 1. The molecule has 0 aliphatic rings. The Bertz CT molecular complexity index is 734. The van der Waals surface area contributed by atoms with Gasteiger partial charge in [0.15, 0.2) is 5.58 Å². The monoisotopic (exact) mass is 398 g/mol. The molecular formula is C11H3Br2F3O3. The molecule has 0 aliphatic heterocycles. The molecule has 1 heterocycles. The molecule has 2 aromatic rings. The summed E-state index contributed by atoms with van der Waals surface area (Å²) in [7, 11) is 0. The lowest BCUT2D eigenvalue weighted by molar-refractivity contribution is -0.0886. The molecule has 0 saturated carbocycles. The molecule has 0 fully saturated rings. The molecule has 1 aromatic carbocycles. The summed E-state index contributed by atoms with van der Waals surface area (Å²) >= 11 is 6.21. The number of benzene rings is 1. The SMILES string of the molecule is O=C(c1coc2c(Br)cc(Br)cc2c1=O)C(F)(F)F. The highest BCUT2D eigenvalue weighted by atomic mass is 79.9. The number of halogens is 5. The maximum absolute atomic E-state index is 12.3. The average Bonchev–Trinajstić information content (AvgIpc) is 2.28. The highest BCUT2D eigenvalue weighted by Gasteiger charge is 2.41. The molecule has 0 radical (unpaired) electrons. The minimum atomic E-state index is -5.12. The summed E-state index contributed by atoms with van der Waals surface area (Å²) in [4.78, 5) is 23.0. The van der Waals surface area contributed by atoms with Crippen LogP contribution in [0.1, 0.15) is 10.4 Å². The van der Waals surface area contributed by atoms with E-state index in [0.29, 0.717) is 15.2 Å². The fourth-order valence-corrected chi connectivity index (χ4v) is 2.79. The second-order valence-electron chi connectivity index (χ2n) is 3.57. The Morgan fingerprint density at radius 2 is 1.84 bits per heavy atom. The molecule has 0 saturated heterocycles. The van der Waals surface area contributed by atoms with Crippen LogP contribution in [0.15, 0.2) is 36.6 Å². The molecule has 0 bridgehead atoms. The normalized spacial score (nSPS) is 11.8. The smallest absolute Gasteiger partial charge is 0.455 e. The Morgan fingerprint density at radius 3 is 2.42 bits per heavy atom. The zero-order valence-corrected chi connectivity index (χ0v) is 12.0. The highest BCUT2D eigenvalue weighted by molar-refractivity contribution is 9.11. The van der Waals surface area contributed by atoms with Crippen LogP contribution < -0.4 is 5.43 Å². The second-order valence-corrected chi connectivity index (χ2v) is 5.34. The molecule has 8 heteroatoms. The Kier molecular flexibility index (Phi) is 3.57. The van der Waals surface area contributed by atoms with E-state index in [-0.39, 0.29) is 11.0 Å². The molecule has 0 amide bonds. The van der Waals surface area contributed by atoms with Crippen molar-refractivity contribution in [1.29, 1.82) is 0 Å². The van der Waals surface area contributed by atoms with Gasteiger partial charge in [0.2, 0.25) is 5.43 Å². The number of Topliss-reactive ketones (excluding diaryl/α,β-unsaturated/α-hetero) is 1. The minimum absolute atomic E-state index is 0.0759. The van der Waals surface area contributed by atoms with Crippen molar-refractivity contribution in [2.45, 2.75) is 6.18 Å². The van der Waals surface area contributed by atoms with Gasteiger partial charge in [0.05, 0.1) is 9.86 Å². The summed E-state index contributed by atoms with van der Waals surface area (Å²) in [5, 5.41) is -0.114. The van der Waals surface area contributed by atoms with Crippen LogP contribution in [-0.2, 0) is 0 Å². The van der Waals surface area contributed by atoms with Crippen molar-refractivity contribution >= 4 is 48.6 Å². The number of alkyl halides is 3. The topological polar surface area (TPSA) is 47.3 Å². The predicted octanol–water partition coefficient (Wildman–Crippen LogP) is 4.06. The Hall–Kier alpha value is -1.15. The van der Waals surface area contributed by atoms with Gasteiger partial charge in [0.25, 0.3) is 5.78 Å². The van der Waals surface area contributed by atoms with Crippen molar-refractivity contribution in [3.63, 3.8) is 0 Å². The third-order valence-electron chi connectivity index (χ3n) is 2.29. The average molecular weight is 400 g/mol. The molecule has 3 nitrogen and oxygen atoms in total. The molecule has 0 spiro atoms. The lowest BCUT2D eigenvalue weighted by atomic mass is 10.1. The van der Waals surface area contributed by atoms with Crippen molar-refractivity contribution in [1.82, 2.24) is 0 Å². The van der Waals surface area contributed by atoms with E-state index in [9.17, 15) is 22.8 Å². The van der Waals surface area contributed by atoms with E-state index in [1.807, 2.05) is 0 Å². The van der Waals surface area contributed by atoms with Gasteiger partial charge in [-0.05, 0) is 28.1 Å². The fraction of sp³-hybridized carbons (Fsp3) is 0.0909. The van der Waals surface area contributed by atoms with Crippen molar-refractivity contribution in [3.8, 4) is 0 Å². The van der Waals surface area contributed by atoms with E-state index in [0.717, 1.165) is 0 Å². The van der Waals surface area contributed by atoms with Crippen LogP contribution in [0.5, 0.6) is 0 Å². The molecule has 2 rings (SSSR count). The van der Waals surface area contributed by atoms with Gasteiger partial charge in [0.1, 0.15) is 11.8 Å². The van der Waals surface area contributed by atoms with E-state index in [1.165, 1.54) is 6.07 Å². The van der Waals surface area contributed by atoms with Crippen LogP contribution >= 0.6 is 31.9 Å². The fourth-order valence-electron chi connectivity index (χ4n) is 1.47. The molecule has 1 aromatic heterocycles. The Labute approximate surface area is 120 Å². The van der Waals surface area contributed by atoms with Gasteiger partial charge in [-0.1, -0.05) is 15.9 Å². The Morgan fingerprint density at radius 1 is 1.21 bits per heavy atom. The summed E-state index contributed by atoms with van der Waals surface area (Å²) in [6, 6.07) is 2.86. The third-order valence-corrected chi connectivity index (χ3v) is 3.34. The van der Waals surface area contributed by atoms with E-state index < -0.39 is 23.0 Å². The predicted molar refractivity (Wildman–Crippen MR) is 68.3 cm³/mol. The first-order chi connectivity index (χ1) is 8.71. The number of hydrogen-bond acceptors (Lipinski definition) is 3. The van der Waals surface area contributed by atoms with Gasteiger partial charge in [-0.25, -0.2) is 0 Å². The highest BCUT2D eigenvalue weighted by Crippen LogP contribution is 2.28. The van der Waals surface area contributed by atoms with E-state index in [1.54, 1.807) is 6.07 Å². The Balaban J connectivity index is 2.79. The van der Waals surface area contributed by atoms with Gasteiger partial charge in [0, 0.05) is 4.47 Å². The number of ketones is 1. The number of rotatable bonds is 1. The van der Waals surface area contributed by atoms with Gasteiger partial charge >= 0.3 is 6.18 Å². The first-order valence-electron chi connectivity index (χ1n) is 4.74. The van der Waals surface area contributed by atoms with Gasteiger partial charge in [-0.2, -0.15) is 13.2 Å². The van der Waals surface area contributed by atoms with Crippen molar-refractivity contribution in [2.24, 2.45) is 0 Å². The van der Waals surface area contributed by atoms with Crippen LogP contribution in [0, 0.1) is 0 Å². The first-order valence-corrected chi connectivity index (χ1v) is 6.32. The summed E-state index contributed by atoms with van der Waals surface area (Å²) in [5.41, 5.74) is -1.98. The van der Waals surface area contributed by atoms with Gasteiger partial charge in [-0.3, -0.25) is 9.59 Å². The maximum Gasteiger partial charge on any atom is 0.455 e. The van der Waals surface area contributed by atoms with Gasteiger partial charge in [-0.15, -0.1) is 0 Å². The van der Waals surface area contributed by atoms with E-state index in [2.05, 4.69) is 31.9 Å². The van der Waals surface area contributed by atoms with Crippen LogP contribution in [0.25, 0.3) is 11.0 Å². The zero-order valence-electron chi connectivity index (χ0n) is 8.85. The molecular weight excluding hydrogens is 397 g/mol. The van der Waals surface area contributed by atoms with Crippen molar-refractivity contribution in [2.75, 3.05) is 0 Å². The number of carbonyl (C=O) groups excluding carboxylic acids is 1.